The summed E-state index contributed by atoms with van der Waals surface area (Å²) in [6, 6.07) is 11.6. The fourth-order valence-electron chi connectivity index (χ4n) is 3.52. The summed E-state index contributed by atoms with van der Waals surface area (Å²) in [4.78, 5) is 19.2. The zero-order valence-corrected chi connectivity index (χ0v) is 21.5. The molecule has 1 aromatic heterocycles. The average molecular weight is 571 g/mol. The number of hydrogen-bond donors (Lipinski definition) is 3. The number of carbonyl (C=O) groups excluding carboxylic acids is 1. The smallest absolute Gasteiger partial charge is 0.287 e. The van der Waals surface area contributed by atoms with Crippen molar-refractivity contribution in [3.8, 4) is 5.75 Å². The van der Waals surface area contributed by atoms with Crippen LogP contribution in [0.1, 0.15) is 29.1 Å². The molecule has 1 fully saturated rings. The molecule has 0 bridgehead atoms. The third-order valence-electron chi connectivity index (χ3n) is 5.20. The van der Waals surface area contributed by atoms with Crippen LogP contribution in [0, 0.1) is 0 Å². The number of carbonyl (C=O) groups is 1. The van der Waals surface area contributed by atoms with Gasteiger partial charge in [-0.1, -0.05) is 12.1 Å². The van der Waals surface area contributed by atoms with Gasteiger partial charge >= 0.3 is 0 Å². The SMILES string of the molecule is CCNC(=NCC(c1ccc(OC)cc1)N1CCOCC1)NCCNC(=O)c1ccco1.I. The number of amides is 1. The van der Waals surface area contributed by atoms with Crippen LogP contribution in [0.5, 0.6) is 5.75 Å². The number of aliphatic imine (C=N–C) groups is 1. The van der Waals surface area contributed by atoms with E-state index >= 15 is 0 Å². The molecule has 0 radical (unpaired) electrons. The minimum absolute atomic E-state index is 0. The van der Waals surface area contributed by atoms with E-state index < -0.39 is 0 Å². The summed E-state index contributed by atoms with van der Waals surface area (Å²) in [7, 11) is 1.67. The van der Waals surface area contributed by atoms with Crippen molar-refractivity contribution in [2.45, 2.75) is 13.0 Å². The highest BCUT2D eigenvalue weighted by atomic mass is 127. The molecule has 1 aromatic carbocycles. The van der Waals surface area contributed by atoms with Gasteiger partial charge in [-0.25, -0.2) is 0 Å². The molecular formula is C23H34IN5O4. The molecule has 1 atom stereocenters. The van der Waals surface area contributed by atoms with Crippen molar-refractivity contribution in [1.29, 1.82) is 0 Å². The molecule has 33 heavy (non-hydrogen) atoms. The van der Waals surface area contributed by atoms with Crippen LogP contribution < -0.4 is 20.7 Å². The van der Waals surface area contributed by atoms with Gasteiger partial charge in [-0.3, -0.25) is 14.7 Å². The van der Waals surface area contributed by atoms with E-state index in [2.05, 4.69) is 33.0 Å². The average Bonchev–Trinajstić information content (AvgIpc) is 3.38. The first kappa shape index (κ1) is 26.9. The van der Waals surface area contributed by atoms with E-state index in [0.29, 0.717) is 31.4 Å². The zero-order valence-electron chi connectivity index (χ0n) is 19.2. The van der Waals surface area contributed by atoms with Gasteiger partial charge < -0.3 is 29.8 Å². The predicted molar refractivity (Wildman–Crippen MR) is 139 cm³/mol. The van der Waals surface area contributed by atoms with E-state index in [9.17, 15) is 4.79 Å². The van der Waals surface area contributed by atoms with Gasteiger partial charge in [-0.15, -0.1) is 24.0 Å². The Bertz CT molecular complexity index is 839. The molecule has 1 amide bonds. The Balaban J connectivity index is 0.00000385. The molecule has 10 heteroatoms. The lowest BCUT2D eigenvalue weighted by molar-refractivity contribution is 0.0179. The normalized spacial score (nSPS) is 15.3. The largest absolute Gasteiger partial charge is 0.497 e. The number of ether oxygens (including phenoxy) is 2. The van der Waals surface area contributed by atoms with Crippen molar-refractivity contribution in [2.75, 3.05) is 59.6 Å². The molecule has 1 aliphatic heterocycles. The maximum Gasteiger partial charge on any atom is 0.287 e. The molecule has 2 aromatic rings. The number of hydrogen-bond acceptors (Lipinski definition) is 6. The molecule has 0 saturated carbocycles. The molecule has 1 aliphatic rings. The fourth-order valence-corrected chi connectivity index (χ4v) is 3.52. The van der Waals surface area contributed by atoms with Crippen LogP contribution in [0.3, 0.4) is 0 Å². The number of benzene rings is 1. The van der Waals surface area contributed by atoms with Gasteiger partial charge in [0.15, 0.2) is 11.7 Å². The van der Waals surface area contributed by atoms with Gasteiger partial charge in [0.1, 0.15) is 5.75 Å². The topological polar surface area (TPSA) is 100 Å². The third-order valence-corrected chi connectivity index (χ3v) is 5.20. The number of furan rings is 1. The summed E-state index contributed by atoms with van der Waals surface area (Å²) >= 11 is 0. The predicted octanol–water partition coefficient (Wildman–Crippen LogP) is 2.26. The third kappa shape index (κ3) is 8.52. The van der Waals surface area contributed by atoms with Gasteiger partial charge in [0.25, 0.3) is 5.91 Å². The quantitative estimate of drug-likeness (QED) is 0.174. The highest BCUT2D eigenvalue weighted by Crippen LogP contribution is 2.24. The Hall–Kier alpha value is -2.31. The van der Waals surface area contributed by atoms with E-state index in [-0.39, 0.29) is 35.9 Å². The molecule has 1 unspecified atom stereocenters. The van der Waals surface area contributed by atoms with Crippen LogP contribution in [0.4, 0.5) is 0 Å². The molecule has 1 saturated heterocycles. The number of halogens is 1. The first-order valence-electron chi connectivity index (χ1n) is 11.0. The minimum Gasteiger partial charge on any atom is -0.497 e. The van der Waals surface area contributed by atoms with Crippen LogP contribution in [-0.4, -0.2) is 76.4 Å². The molecule has 0 spiro atoms. The number of nitrogens with zero attached hydrogens (tertiary/aromatic N) is 2. The highest BCUT2D eigenvalue weighted by Gasteiger charge is 2.22. The van der Waals surface area contributed by atoms with Crippen molar-refractivity contribution in [3.05, 3.63) is 54.0 Å². The number of morpholine rings is 1. The van der Waals surface area contributed by atoms with E-state index in [0.717, 1.165) is 38.6 Å². The Morgan fingerprint density at radius 1 is 1.12 bits per heavy atom. The van der Waals surface area contributed by atoms with E-state index in [1.165, 1.54) is 11.8 Å². The fraction of sp³-hybridized carbons (Fsp3) is 0.478. The second-order valence-corrected chi connectivity index (χ2v) is 7.32. The lowest BCUT2D eigenvalue weighted by Gasteiger charge is -2.34. The summed E-state index contributed by atoms with van der Waals surface area (Å²) in [5.41, 5.74) is 1.19. The van der Waals surface area contributed by atoms with Gasteiger partial charge in [-0.05, 0) is 36.8 Å². The van der Waals surface area contributed by atoms with Gasteiger partial charge in [0.05, 0.1) is 39.2 Å². The standard InChI is InChI=1S/C23H33N5O4.HI/c1-3-24-23(26-11-10-25-22(29)21-5-4-14-32-21)27-17-20(28-12-15-31-16-13-28)18-6-8-19(30-2)9-7-18;/h4-9,14,20H,3,10-13,15-17H2,1-2H3,(H,25,29)(H2,24,26,27);1H. The molecule has 9 nitrogen and oxygen atoms in total. The monoisotopic (exact) mass is 571 g/mol. The van der Waals surface area contributed by atoms with Gasteiger partial charge in [-0.2, -0.15) is 0 Å². The van der Waals surface area contributed by atoms with E-state index in [1.54, 1.807) is 19.2 Å². The molecule has 3 N–H and O–H groups in total. The van der Waals surface area contributed by atoms with Gasteiger partial charge in [0.2, 0.25) is 0 Å². The lowest BCUT2D eigenvalue weighted by atomic mass is 10.0. The number of guanidine groups is 1. The maximum atomic E-state index is 12.0. The van der Waals surface area contributed by atoms with Gasteiger partial charge in [0, 0.05) is 32.7 Å². The summed E-state index contributed by atoms with van der Waals surface area (Å²) in [6.07, 6.45) is 1.48. The molecule has 3 rings (SSSR count). The van der Waals surface area contributed by atoms with Crippen molar-refractivity contribution in [3.63, 3.8) is 0 Å². The molecular weight excluding hydrogens is 537 g/mol. The second-order valence-electron chi connectivity index (χ2n) is 7.32. The number of rotatable bonds is 10. The Morgan fingerprint density at radius 2 is 1.85 bits per heavy atom. The van der Waals surface area contributed by atoms with Crippen LogP contribution in [-0.2, 0) is 4.74 Å². The van der Waals surface area contributed by atoms with Crippen molar-refractivity contribution in [2.24, 2.45) is 4.99 Å². The molecule has 0 aliphatic carbocycles. The number of methoxy groups -OCH3 is 1. The Kier molecular flexibility index (Phi) is 12.0. The minimum atomic E-state index is -0.231. The Labute approximate surface area is 212 Å². The van der Waals surface area contributed by atoms with Crippen LogP contribution >= 0.6 is 24.0 Å². The maximum absolute atomic E-state index is 12.0. The molecule has 2 heterocycles. The summed E-state index contributed by atoms with van der Waals surface area (Å²) in [6.45, 7) is 7.56. The van der Waals surface area contributed by atoms with E-state index in [1.807, 2.05) is 19.1 Å². The first-order valence-corrected chi connectivity index (χ1v) is 11.0. The second kappa shape index (κ2) is 14.8. The lowest BCUT2D eigenvalue weighted by Crippen LogP contribution is -2.43. The summed E-state index contributed by atoms with van der Waals surface area (Å²) in [5, 5.41) is 9.37. The van der Waals surface area contributed by atoms with Crippen LogP contribution in [0.15, 0.2) is 52.1 Å². The van der Waals surface area contributed by atoms with Crippen molar-refractivity contribution >= 4 is 35.8 Å². The Morgan fingerprint density at radius 3 is 2.48 bits per heavy atom. The summed E-state index contributed by atoms with van der Waals surface area (Å²) in [5.74, 6) is 1.63. The van der Waals surface area contributed by atoms with Crippen molar-refractivity contribution in [1.82, 2.24) is 20.9 Å². The highest BCUT2D eigenvalue weighted by molar-refractivity contribution is 14.0. The van der Waals surface area contributed by atoms with Crippen LogP contribution in [0.2, 0.25) is 0 Å². The first-order chi connectivity index (χ1) is 15.7. The number of nitrogens with one attached hydrogen (secondary N) is 3. The van der Waals surface area contributed by atoms with E-state index in [4.69, 9.17) is 18.9 Å². The zero-order chi connectivity index (χ0) is 22.6. The molecule has 182 valence electrons. The van der Waals surface area contributed by atoms with Crippen LogP contribution in [0.25, 0.3) is 0 Å². The summed E-state index contributed by atoms with van der Waals surface area (Å²) < 4.78 is 15.9. The van der Waals surface area contributed by atoms with Crippen molar-refractivity contribution < 1.29 is 18.7 Å².